The Balaban J connectivity index is 0.00000320. The van der Waals surface area contributed by atoms with Crippen molar-refractivity contribution in [1.82, 2.24) is 10.2 Å². The highest BCUT2D eigenvalue weighted by molar-refractivity contribution is 14.0. The minimum atomic E-state index is -0.0563. The van der Waals surface area contributed by atoms with E-state index in [1.54, 1.807) is 0 Å². The molecule has 0 aromatic heterocycles. The van der Waals surface area contributed by atoms with Crippen LogP contribution in [0.2, 0.25) is 0 Å². The first-order valence-electron chi connectivity index (χ1n) is 11.1. The maximum atomic E-state index is 12.0. The van der Waals surface area contributed by atoms with Crippen LogP contribution in [-0.4, -0.2) is 56.2 Å². The summed E-state index contributed by atoms with van der Waals surface area (Å²) in [5, 5.41) is 3.43. The van der Waals surface area contributed by atoms with Gasteiger partial charge in [-0.25, -0.2) is 0 Å². The molecule has 2 aliphatic rings. The fraction of sp³-hybridized carbons (Fsp3) is 0.652. The van der Waals surface area contributed by atoms with Gasteiger partial charge in [0.2, 0.25) is 0 Å². The van der Waals surface area contributed by atoms with E-state index < -0.39 is 0 Å². The molecular weight excluding hydrogens is 493 g/mol. The Bertz CT molecular complexity index is 663. The number of guanidine groups is 1. The van der Waals surface area contributed by atoms with Gasteiger partial charge in [0.25, 0.3) is 0 Å². The molecule has 1 aromatic carbocycles. The minimum Gasteiger partial charge on any atom is -0.466 e. The molecule has 7 heteroatoms. The lowest BCUT2D eigenvalue weighted by Crippen LogP contribution is -2.47. The largest absolute Gasteiger partial charge is 0.466 e. The van der Waals surface area contributed by atoms with Crippen molar-refractivity contribution in [2.75, 3.05) is 39.4 Å². The fourth-order valence-corrected chi connectivity index (χ4v) is 4.26. The van der Waals surface area contributed by atoms with E-state index in [1.165, 1.54) is 5.56 Å². The Kier molecular flexibility index (Phi) is 10.9. The Morgan fingerprint density at radius 2 is 1.93 bits per heavy atom. The molecule has 0 saturated carbocycles. The molecular formula is C23H36IN3O3. The molecule has 168 valence electrons. The van der Waals surface area contributed by atoms with Gasteiger partial charge in [0, 0.05) is 38.7 Å². The summed E-state index contributed by atoms with van der Waals surface area (Å²) in [5.41, 5.74) is 1.24. The molecule has 0 spiro atoms. The number of benzene rings is 1. The monoisotopic (exact) mass is 529 g/mol. The van der Waals surface area contributed by atoms with Crippen molar-refractivity contribution < 1.29 is 14.3 Å². The SMILES string of the molecule is CCNC(=NCC1CCCOC1c1ccccc1)N1CCC(C(=O)OCC)CC1.I. The lowest BCUT2D eigenvalue weighted by molar-refractivity contribution is -0.149. The summed E-state index contributed by atoms with van der Waals surface area (Å²) in [4.78, 5) is 19.3. The number of nitrogens with zero attached hydrogens (tertiary/aromatic N) is 2. The van der Waals surface area contributed by atoms with E-state index in [9.17, 15) is 4.79 Å². The molecule has 0 aliphatic carbocycles. The lowest BCUT2D eigenvalue weighted by atomic mass is 9.89. The number of hydrogen-bond donors (Lipinski definition) is 1. The van der Waals surface area contributed by atoms with Gasteiger partial charge in [-0.05, 0) is 45.1 Å². The number of halogens is 1. The van der Waals surface area contributed by atoms with E-state index in [1.807, 2.05) is 13.0 Å². The van der Waals surface area contributed by atoms with Crippen LogP contribution in [0.25, 0.3) is 0 Å². The van der Waals surface area contributed by atoms with Crippen LogP contribution in [0.1, 0.15) is 51.2 Å². The number of nitrogens with one attached hydrogen (secondary N) is 1. The second-order valence-corrected chi connectivity index (χ2v) is 7.81. The molecule has 2 unspecified atom stereocenters. The summed E-state index contributed by atoms with van der Waals surface area (Å²) in [6.07, 6.45) is 3.98. The molecule has 0 bridgehead atoms. The zero-order valence-electron chi connectivity index (χ0n) is 18.2. The number of ether oxygens (including phenoxy) is 2. The summed E-state index contributed by atoms with van der Waals surface area (Å²) < 4.78 is 11.3. The summed E-state index contributed by atoms with van der Waals surface area (Å²) in [7, 11) is 0. The van der Waals surface area contributed by atoms with Gasteiger partial charge < -0.3 is 19.7 Å². The quantitative estimate of drug-likeness (QED) is 0.261. The van der Waals surface area contributed by atoms with Crippen LogP contribution in [0.15, 0.2) is 35.3 Å². The standard InChI is InChI=1S/C23H35N3O3.HI/c1-3-24-23(26-14-12-19(13-15-26)22(27)28-4-2)25-17-20-11-8-16-29-21(20)18-9-6-5-7-10-18;/h5-7,9-10,19-21H,3-4,8,11-17H2,1-2H3,(H,24,25);1H. The van der Waals surface area contributed by atoms with Crippen molar-refractivity contribution in [2.24, 2.45) is 16.8 Å². The van der Waals surface area contributed by atoms with E-state index >= 15 is 0 Å². The number of piperidine rings is 1. The lowest BCUT2D eigenvalue weighted by Gasteiger charge is -2.34. The number of rotatable bonds is 6. The average molecular weight is 529 g/mol. The van der Waals surface area contributed by atoms with E-state index in [0.717, 1.165) is 64.4 Å². The molecule has 2 heterocycles. The first-order valence-corrected chi connectivity index (χ1v) is 11.1. The maximum Gasteiger partial charge on any atom is 0.309 e. The van der Waals surface area contributed by atoms with Gasteiger partial charge in [-0.2, -0.15) is 0 Å². The highest BCUT2D eigenvalue weighted by Crippen LogP contribution is 2.33. The van der Waals surface area contributed by atoms with Crippen molar-refractivity contribution in [3.8, 4) is 0 Å². The molecule has 2 atom stereocenters. The molecule has 6 nitrogen and oxygen atoms in total. The average Bonchev–Trinajstić information content (AvgIpc) is 2.78. The zero-order valence-corrected chi connectivity index (χ0v) is 20.5. The molecule has 1 aromatic rings. The van der Waals surface area contributed by atoms with Crippen LogP contribution in [-0.2, 0) is 14.3 Å². The van der Waals surface area contributed by atoms with E-state index in [0.29, 0.717) is 12.5 Å². The van der Waals surface area contributed by atoms with E-state index in [-0.39, 0.29) is 42.0 Å². The fourth-order valence-electron chi connectivity index (χ4n) is 4.26. The molecule has 0 amide bonds. The molecule has 2 fully saturated rings. The zero-order chi connectivity index (χ0) is 20.5. The van der Waals surface area contributed by atoms with Crippen molar-refractivity contribution in [3.63, 3.8) is 0 Å². The van der Waals surface area contributed by atoms with Crippen molar-refractivity contribution >= 4 is 35.9 Å². The topological polar surface area (TPSA) is 63.2 Å². The second-order valence-electron chi connectivity index (χ2n) is 7.81. The summed E-state index contributed by atoms with van der Waals surface area (Å²) >= 11 is 0. The number of aliphatic imine (C=N–C) groups is 1. The van der Waals surface area contributed by atoms with Gasteiger partial charge in [-0.1, -0.05) is 30.3 Å². The Labute approximate surface area is 197 Å². The second kappa shape index (κ2) is 13.1. The van der Waals surface area contributed by atoms with Gasteiger partial charge in [-0.15, -0.1) is 24.0 Å². The molecule has 2 aliphatic heterocycles. The number of esters is 1. The number of carbonyl (C=O) groups is 1. The normalized spacial score (nSPS) is 22.9. The van der Waals surface area contributed by atoms with Gasteiger partial charge in [-0.3, -0.25) is 9.79 Å². The first kappa shape index (κ1) is 24.9. The van der Waals surface area contributed by atoms with Crippen LogP contribution in [0.5, 0.6) is 0 Å². The predicted octanol–water partition coefficient (Wildman–Crippen LogP) is 4.01. The molecule has 0 radical (unpaired) electrons. The van der Waals surface area contributed by atoms with Crippen molar-refractivity contribution in [3.05, 3.63) is 35.9 Å². The Hall–Kier alpha value is -1.35. The highest BCUT2D eigenvalue weighted by Gasteiger charge is 2.29. The molecule has 3 rings (SSSR count). The van der Waals surface area contributed by atoms with E-state index in [2.05, 4.69) is 41.4 Å². The minimum absolute atomic E-state index is 0. The smallest absolute Gasteiger partial charge is 0.309 e. The predicted molar refractivity (Wildman–Crippen MR) is 130 cm³/mol. The molecule has 1 N–H and O–H groups in total. The number of hydrogen-bond acceptors (Lipinski definition) is 4. The first-order chi connectivity index (χ1) is 14.2. The third-order valence-electron chi connectivity index (χ3n) is 5.80. The maximum absolute atomic E-state index is 12.0. The summed E-state index contributed by atoms with van der Waals surface area (Å²) in [5.74, 6) is 1.30. The third-order valence-corrected chi connectivity index (χ3v) is 5.80. The highest BCUT2D eigenvalue weighted by atomic mass is 127. The van der Waals surface area contributed by atoms with Gasteiger partial charge in [0.05, 0.1) is 18.6 Å². The van der Waals surface area contributed by atoms with Gasteiger partial charge in [0.15, 0.2) is 5.96 Å². The summed E-state index contributed by atoms with van der Waals surface area (Å²) in [6.45, 7) is 8.48. The van der Waals surface area contributed by atoms with Crippen molar-refractivity contribution in [2.45, 2.75) is 45.6 Å². The Morgan fingerprint density at radius 3 is 2.60 bits per heavy atom. The number of carbonyl (C=O) groups excluding carboxylic acids is 1. The molecule has 30 heavy (non-hydrogen) atoms. The third kappa shape index (κ3) is 6.83. The number of likely N-dealkylation sites (tertiary alicyclic amines) is 1. The van der Waals surface area contributed by atoms with Crippen molar-refractivity contribution in [1.29, 1.82) is 0 Å². The van der Waals surface area contributed by atoms with Crippen LogP contribution >= 0.6 is 24.0 Å². The molecule has 2 saturated heterocycles. The van der Waals surface area contributed by atoms with Crippen LogP contribution in [0.4, 0.5) is 0 Å². The Morgan fingerprint density at radius 1 is 1.20 bits per heavy atom. The van der Waals surface area contributed by atoms with Gasteiger partial charge >= 0.3 is 5.97 Å². The van der Waals surface area contributed by atoms with Crippen LogP contribution in [0, 0.1) is 11.8 Å². The van der Waals surface area contributed by atoms with Crippen LogP contribution < -0.4 is 5.32 Å². The van der Waals surface area contributed by atoms with Crippen LogP contribution in [0.3, 0.4) is 0 Å². The van der Waals surface area contributed by atoms with E-state index in [4.69, 9.17) is 14.5 Å². The van der Waals surface area contributed by atoms with Gasteiger partial charge in [0.1, 0.15) is 0 Å². The summed E-state index contributed by atoms with van der Waals surface area (Å²) in [6, 6.07) is 10.5.